The molecule has 102 valence electrons. The summed E-state index contributed by atoms with van der Waals surface area (Å²) < 4.78 is 0. The monoisotopic (exact) mass is 252 g/mol. The van der Waals surface area contributed by atoms with Gasteiger partial charge in [0, 0.05) is 11.1 Å². The Morgan fingerprint density at radius 1 is 0.778 bits per heavy atom. The summed E-state index contributed by atoms with van der Waals surface area (Å²) in [5.41, 5.74) is 1.70. The fourth-order valence-electron chi connectivity index (χ4n) is 1.90. The van der Waals surface area contributed by atoms with Crippen molar-refractivity contribution in [3.8, 4) is 0 Å². The molecule has 0 unspecified atom stereocenters. The van der Waals surface area contributed by atoms with E-state index >= 15 is 0 Å². The van der Waals surface area contributed by atoms with Crippen LogP contribution in [0.15, 0.2) is 24.3 Å². The summed E-state index contributed by atoms with van der Waals surface area (Å²) in [6, 6.07) is 8.16. The summed E-state index contributed by atoms with van der Waals surface area (Å²) >= 11 is 0. The van der Waals surface area contributed by atoms with E-state index in [0.717, 1.165) is 11.1 Å². The summed E-state index contributed by atoms with van der Waals surface area (Å²) in [5.74, 6) is 0. The first-order chi connectivity index (χ1) is 8.33. The van der Waals surface area contributed by atoms with Crippen molar-refractivity contribution in [2.24, 2.45) is 0 Å². The van der Waals surface area contributed by atoms with Gasteiger partial charge in [-0.15, -0.1) is 0 Å². The van der Waals surface area contributed by atoms with Crippen molar-refractivity contribution >= 4 is 0 Å². The molecule has 0 atom stereocenters. The van der Waals surface area contributed by atoms with Crippen LogP contribution in [0.25, 0.3) is 0 Å². The lowest BCUT2D eigenvalue weighted by Crippen LogP contribution is -2.38. The smallest absolute Gasteiger partial charge is 0.0938 e. The molecular formula is C14H24N2O2. The Morgan fingerprint density at radius 2 is 1.06 bits per heavy atom. The highest BCUT2D eigenvalue weighted by atomic mass is 16.3. The standard InChI is InChI=1S/C14H24N2O2/c1-13(2,15-9-17)11-5-7-12(8-6-11)14(3,4)16-10-18/h5-8,15-18H,9-10H2,1-4H3. The highest BCUT2D eigenvalue weighted by molar-refractivity contribution is 5.31. The van der Waals surface area contributed by atoms with E-state index in [9.17, 15) is 0 Å². The summed E-state index contributed by atoms with van der Waals surface area (Å²) in [6.07, 6.45) is 0. The lowest BCUT2D eigenvalue weighted by Gasteiger charge is -2.29. The predicted molar refractivity (Wildman–Crippen MR) is 72.9 cm³/mol. The second kappa shape index (κ2) is 5.80. The SMILES string of the molecule is CC(C)(NCO)c1ccc(C(C)(C)NCO)cc1. The maximum Gasteiger partial charge on any atom is 0.0938 e. The van der Waals surface area contributed by atoms with Crippen molar-refractivity contribution in [3.05, 3.63) is 35.4 Å². The number of rotatable bonds is 6. The van der Waals surface area contributed by atoms with Crippen LogP contribution < -0.4 is 10.6 Å². The van der Waals surface area contributed by atoms with Crippen molar-refractivity contribution in [2.75, 3.05) is 13.5 Å². The van der Waals surface area contributed by atoms with E-state index in [1.807, 2.05) is 52.0 Å². The number of benzene rings is 1. The van der Waals surface area contributed by atoms with Gasteiger partial charge in [-0.3, -0.25) is 10.6 Å². The molecular weight excluding hydrogens is 228 g/mol. The first kappa shape index (κ1) is 15.1. The molecule has 1 rings (SSSR count). The van der Waals surface area contributed by atoms with E-state index < -0.39 is 0 Å². The molecule has 1 aromatic rings. The van der Waals surface area contributed by atoms with Crippen LogP contribution in [-0.4, -0.2) is 23.7 Å². The van der Waals surface area contributed by atoms with E-state index in [-0.39, 0.29) is 24.5 Å². The zero-order valence-corrected chi connectivity index (χ0v) is 11.6. The molecule has 0 radical (unpaired) electrons. The van der Waals surface area contributed by atoms with Crippen LogP contribution in [0, 0.1) is 0 Å². The molecule has 0 saturated carbocycles. The van der Waals surface area contributed by atoms with Gasteiger partial charge in [-0.2, -0.15) is 0 Å². The molecule has 18 heavy (non-hydrogen) atoms. The van der Waals surface area contributed by atoms with Gasteiger partial charge in [0.15, 0.2) is 0 Å². The quantitative estimate of drug-likeness (QED) is 0.575. The van der Waals surface area contributed by atoms with E-state index in [1.165, 1.54) is 0 Å². The Labute approximate surface area is 109 Å². The molecule has 4 nitrogen and oxygen atoms in total. The van der Waals surface area contributed by atoms with Crippen molar-refractivity contribution in [2.45, 2.75) is 38.8 Å². The highest BCUT2D eigenvalue weighted by Gasteiger charge is 2.22. The van der Waals surface area contributed by atoms with Crippen molar-refractivity contribution in [3.63, 3.8) is 0 Å². The molecule has 0 saturated heterocycles. The van der Waals surface area contributed by atoms with Gasteiger partial charge in [-0.05, 0) is 38.8 Å². The largest absolute Gasteiger partial charge is 0.381 e. The summed E-state index contributed by atoms with van der Waals surface area (Å²) in [7, 11) is 0. The van der Waals surface area contributed by atoms with E-state index in [0.29, 0.717) is 0 Å². The lowest BCUT2D eigenvalue weighted by molar-refractivity contribution is 0.208. The minimum Gasteiger partial charge on any atom is -0.381 e. The van der Waals surface area contributed by atoms with Gasteiger partial charge in [-0.25, -0.2) is 0 Å². The Balaban J connectivity index is 2.92. The highest BCUT2D eigenvalue weighted by Crippen LogP contribution is 2.24. The molecule has 0 heterocycles. The molecule has 0 bridgehead atoms. The fourth-order valence-corrected chi connectivity index (χ4v) is 1.90. The number of nitrogens with one attached hydrogen (secondary N) is 2. The summed E-state index contributed by atoms with van der Waals surface area (Å²) in [6.45, 7) is 7.99. The van der Waals surface area contributed by atoms with Crippen LogP contribution in [0.1, 0.15) is 38.8 Å². The van der Waals surface area contributed by atoms with Crippen LogP contribution in [0.5, 0.6) is 0 Å². The summed E-state index contributed by atoms with van der Waals surface area (Å²) in [5, 5.41) is 24.0. The second-order valence-electron chi connectivity index (χ2n) is 5.50. The Hall–Kier alpha value is -0.940. The van der Waals surface area contributed by atoms with Gasteiger partial charge in [0.1, 0.15) is 0 Å². The Bertz CT molecular complexity index is 335. The van der Waals surface area contributed by atoms with Crippen LogP contribution >= 0.6 is 0 Å². The van der Waals surface area contributed by atoms with Crippen LogP contribution in [-0.2, 0) is 11.1 Å². The van der Waals surface area contributed by atoms with Crippen LogP contribution in [0.2, 0.25) is 0 Å². The number of hydrogen-bond donors (Lipinski definition) is 4. The maximum absolute atomic E-state index is 8.97. The first-order valence-electron chi connectivity index (χ1n) is 6.16. The van der Waals surface area contributed by atoms with Gasteiger partial charge in [-0.1, -0.05) is 24.3 Å². The average Bonchev–Trinajstić information content (AvgIpc) is 2.29. The minimum atomic E-state index is -0.262. The molecule has 0 aliphatic heterocycles. The third-order valence-corrected chi connectivity index (χ3v) is 3.37. The molecule has 1 aromatic carbocycles. The van der Waals surface area contributed by atoms with Gasteiger partial charge < -0.3 is 10.2 Å². The van der Waals surface area contributed by atoms with Crippen molar-refractivity contribution in [1.29, 1.82) is 0 Å². The number of aliphatic hydroxyl groups is 2. The normalized spacial score (nSPS) is 12.8. The van der Waals surface area contributed by atoms with E-state index in [1.54, 1.807) is 0 Å². The van der Waals surface area contributed by atoms with Crippen LogP contribution in [0.4, 0.5) is 0 Å². The van der Waals surface area contributed by atoms with E-state index in [4.69, 9.17) is 10.2 Å². The third kappa shape index (κ3) is 3.53. The molecule has 0 aliphatic carbocycles. The molecule has 0 amide bonds. The van der Waals surface area contributed by atoms with Crippen molar-refractivity contribution in [1.82, 2.24) is 10.6 Å². The third-order valence-electron chi connectivity index (χ3n) is 3.37. The van der Waals surface area contributed by atoms with Crippen LogP contribution in [0.3, 0.4) is 0 Å². The number of aliphatic hydroxyl groups excluding tert-OH is 2. The first-order valence-corrected chi connectivity index (χ1v) is 6.16. The maximum atomic E-state index is 8.97. The Morgan fingerprint density at radius 3 is 1.28 bits per heavy atom. The van der Waals surface area contributed by atoms with Crippen molar-refractivity contribution < 1.29 is 10.2 Å². The summed E-state index contributed by atoms with van der Waals surface area (Å²) in [4.78, 5) is 0. The lowest BCUT2D eigenvalue weighted by atomic mass is 9.89. The van der Waals surface area contributed by atoms with Gasteiger partial charge in [0.2, 0.25) is 0 Å². The fraction of sp³-hybridized carbons (Fsp3) is 0.571. The molecule has 0 aliphatic rings. The number of hydrogen-bond acceptors (Lipinski definition) is 4. The minimum absolute atomic E-state index is 0.0493. The average molecular weight is 252 g/mol. The van der Waals surface area contributed by atoms with Gasteiger partial charge in [0.25, 0.3) is 0 Å². The zero-order chi connectivity index (χ0) is 13.8. The molecule has 4 N–H and O–H groups in total. The molecule has 0 spiro atoms. The van der Waals surface area contributed by atoms with Gasteiger partial charge in [0.05, 0.1) is 13.5 Å². The molecule has 0 aromatic heterocycles. The zero-order valence-electron chi connectivity index (χ0n) is 11.6. The van der Waals surface area contributed by atoms with Gasteiger partial charge >= 0.3 is 0 Å². The topological polar surface area (TPSA) is 64.5 Å². The second-order valence-corrected chi connectivity index (χ2v) is 5.50. The molecule has 4 heteroatoms. The molecule has 0 fully saturated rings. The Kier molecular flexibility index (Phi) is 4.87. The van der Waals surface area contributed by atoms with E-state index in [2.05, 4.69) is 10.6 Å². The predicted octanol–water partition coefficient (Wildman–Crippen LogP) is 1.24.